The van der Waals surface area contributed by atoms with E-state index in [4.69, 9.17) is 9.15 Å². The van der Waals surface area contributed by atoms with Crippen molar-refractivity contribution >= 4 is 15.9 Å². The van der Waals surface area contributed by atoms with Crippen molar-refractivity contribution in [2.24, 2.45) is 0 Å². The van der Waals surface area contributed by atoms with Crippen LogP contribution in [0.1, 0.15) is 25.2 Å². The first-order valence-electron chi connectivity index (χ1n) is 4.44. The van der Waals surface area contributed by atoms with Crippen molar-refractivity contribution in [2.45, 2.75) is 31.8 Å². The molecular formula is C8H11BrN2O2. The first-order chi connectivity index (χ1) is 6.34. The SMILES string of the molecule is Brc1nnc(CCC2CCCO2)o1. The van der Waals surface area contributed by atoms with Crippen LogP contribution >= 0.6 is 15.9 Å². The van der Waals surface area contributed by atoms with Crippen LogP contribution in [0.4, 0.5) is 0 Å². The van der Waals surface area contributed by atoms with Crippen molar-refractivity contribution in [3.8, 4) is 0 Å². The summed E-state index contributed by atoms with van der Waals surface area (Å²) in [4.78, 5) is 0.454. The van der Waals surface area contributed by atoms with Crippen molar-refractivity contribution in [2.75, 3.05) is 6.61 Å². The van der Waals surface area contributed by atoms with E-state index in [2.05, 4.69) is 26.1 Å². The van der Waals surface area contributed by atoms with Gasteiger partial charge < -0.3 is 9.15 Å². The van der Waals surface area contributed by atoms with E-state index in [0.29, 0.717) is 16.8 Å². The topological polar surface area (TPSA) is 48.2 Å². The third-order valence-electron chi connectivity index (χ3n) is 2.15. The predicted molar refractivity (Wildman–Crippen MR) is 49.3 cm³/mol. The molecule has 0 radical (unpaired) electrons. The summed E-state index contributed by atoms with van der Waals surface area (Å²) in [7, 11) is 0. The second-order valence-electron chi connectivity index (χ2n) is 3.12. The molecule has 0 aliphatic carbocycles. The van der Waals surface area contributed by atoms with Gasteiger partial charge in [0.05, 0.1) is 6.10 Å². The van der Waals surface area contributed by atoms with E-state index < -0.39 is 0 Å². The van der Waals surface area contributed by atoms with Crippen LogP contribution in [0.15, 0.2) is 9.22 Å². The first-order valence-corrected chi connectivity index (χ1v) is 5.23. The van der Waals surface area contributed by atoms with Gasteiger partial charge in [0.25, 0.3) is 4.80 Å². The molecule has 2 heterocycles. The zero-order valence-electron chi connectivity index (χ0n) is 7.20. The second kappa shape index (κ2) is 4.19. The van der Waals surface area contributed by atoms with Crippen molar-refractivity contribution in [3.05, 3.63) is 10.7 Å². The summed E-state index contributed by atoms with van der Waals surface area (Å²) in [5.41, 5.74) is 0. The van der Waals surface area contributed by atoms with Gasteiger partial charge in [-0.15, -0.1) is 10.2 Å². The standard InChI is InChI=1S/C8H11BrN2O2/c9-8-11-10-7(13-8)4-3-6-2-1-5-12-6/h6H,1-5H2. The predicted octanol–water partition coefficient (Wildman–Crippen LogP) is 1.94. The number of ether oxygens (including phenoxy) is 1. The highest BCUT2D eigenvalue weighted by Crippen LogP contribution is 2.17. The molecule has 1 aromatic heterocycles. The molecule has 0 spiro atoms. The highest BCUT2D eigenvalue weighted by Gasteiger charge is 2.16. The summed E-state index contributed by atoms with van der Waals surface area (Å²) in [6.07, 6.45) is 4.52. The summed E-state index contributed by atoms with van der Waals surface area (Å²) >= 11 is 3.11. The fourth-order valence-electron chi connectivity index (χ4n) is 1.49. The smallest absolute Gasteiger partial charge is 0.284 e. The Kier molecular flexibility index (Phi) is 2.95. The van der Waals surface area contributed by atoms with Gasteiger partial charge in [-0.1, -0.05) is 0 Å². The van der Waals surface area contributed by atoms with Gasteiger partial charge in [-0.2, -0.15) is 0 Å². The summed E-state index contributed by atoms with van der Waals surface area (Å²) in [5.74, 6) is 0.683. The highest BCUT2D eigenvalue weighted by atomic mass is 79.9. The van der Waals surface area contributed by atoms with Crippen molar-refractivity contribution in [3.63, 3.8) is 0 Å². The zero-order valence-corrected chi connectivity index (χ0v) is 8.79. The van der Waals surface area contributed by atoms with Crippen LogP contribution in [-0.2, 0) is 11.2 Å². The highest BCUT2D eigenvalue weighted by molar-refractivity contribution is 9.10. The number of aryl methyl sites for hydroxylation is 1. The van der Waals surface area contributed by atoms with Crippen LogP contribution < -0.4 is 0 Å². The molecule has 0 bridgehead atoms. The van der Waals surface area contributed by atoms with Gasteiger partial charge >= 0.3 is 0 Å². The number of hydrogen-bond donors (Lipinski definition) is 0. The summed E-state index contributed by atoms with van der Waals surface area (Å²) in [6.45, 7) is 0.901. The number of rotatable bonds is 3. The van der Waals surface area contributed by atoms with Crippen LogP contribution in [0.25, 0.3) is 0 Å². The van der Waals surface area contributed by atoms with Gasteiger partial charge in [-0.05, 0) is 19.3 Å². The van der Waals surface area contributed by atoms with E-state index in [0.717, 1.165) is 25.9 Å². The lowest BCUT2D eigenvalue weighted by molar-refractivity contribution is 0.103. The fourth-order valence-corrected chi connectivity index (χ4v) is 1.76. The molecule has 0 amide bonds. The lowest BCUT2D eigenvalue weighted by Gasteiger charge is -2.05. The van der Waals surface area contributed by atoms with Crippen LogP contribution in [0.3, 0.4) is 0 Å². The molecule has 1 aliphatic rings. The van der Waals surface area contributed by atoms with Gasteiger partial charge in [0.1, 0.15) is 0 Å². The molecule has 5 heteroatoms. The fraction of sp³-hybridized carbons (Fsp3) is 0.750. The van der Waals surface area contributed by atoms with E-state index in [-0.39, 0.29) is 0 Å². The van der Waals surface area contributed by atoms with Gasteiger partial charge in [-0.25, -0.2) is 0 Å². The molecule has 72 valence electrons. The molecule has 4 nitrogen and oxygen atoms in total. The molecule has 0 aromatic carbocycles. The zero-order chi connectivity index (χ0) is 9.10. The normalized spacial score (nSPS) is 22.4. The van der Waals surface area contributed by atoms with Crippen molar-refractivity contribution in [1.82, 2.24) is 10.2 Å². The minimum atomic E-state index is 0.394. The molecule has 0 N–H and O–H groups in total. The number of nitrogens with zero attached hydrogens (tertiary/aromatic N) is 2. The summed E-state index contributed by atoms with van der Waals surface area (Å²) < 4.78 is 10.7. The Morgan fingerprint density at radius 2 is 2.38 bits per heavy atom. The summed E-state index contributed by atoms with van der Waals surface area (Å²) in [6, 6.07) is 0. The summed E-state index contributed by atoms with van der Waals surface area (Å²) in [5, 5.41) is 7.58. The molecule has 1 aliphatic heterocycles. The largest absolute Gasteiger partial charge is 0.416 e. The van der Waals surface area contributed by atoms with E-state index in [9.17, 15) is 0 Å². The Morgan fingerprint density at radius 3 is 3.00 bits per heavy atom. The second-order valence-corrected chi connectivity index (χ2v) is 3.80. The van der Waals surface area contributed by atoms with Gasteiger partial charge in [-0.3, -0.25) is 0 Å². The molecule has 0 saturated carbocycles. The molecule has 13 heavy (non-hydrogen) atoms. The van der Waals surface area contributed by atoms with Gasteiger partial charge in [0.2, 0.25) is 5.89 Å². The Balaban J connectivity index is 1.78. The first kappa shape index (κ1) is 9.15. The van der Waals surface area contributed by atoms with E-state index in [1.165, 1.54) is 6.42 Å². The van der Waals surface area contributed by atoms with E-state index in [1.807, 2.05) is 0 Å². The molecule has 1 aromatic rings. The Labute approximate surface area is 84.8 Å². The van der Waals surface area contributed by atoms with Gasteiger partial charge in [0.15, 0.2) is 0 Å². The van der Waals surface area contributed by atoms with Crippen LogP contribution in [-0.4, -0.2) is 22.9 Å². The monoisotopic (exact) mass is 246 g/mol. The van der Waals surface area contributed by atoms with Crippen molar-refractivity contribution < 1.29 is 9.15 Å². The van der Waals surface area contributed by atoms with E-state index >= 15 is 0 Å². The maximum atomic E-state index is 5.48. The maximum Gasteiger partial charge on any atom is 0.284 e. The van der Waals surface area contributed by atoms with Crippen LogP contribution in [0.5, 0.6) is 0 Å². The average Bonchev–Trinajstić information content (AvgIpc) is 2.71. The molecule has 1 atom stereocenters. The van der Waals surface area contributed by atoms with Gasteiger partial charge in [0, 0.05) is 29.0 Å². The lowest BCUT2D eigenvalue weighted by atomic mass is 10.1. The Bertz CT molecular complexity index is 271. The van der Waals surface area contributed by atoms with Crippen LogP contribution in [0, 0.1) is 0 Å². The minimum absolute atomic E-state index is 0.394. The molecule has 1 fully saturated rings. The van der Waals surface area contributed by atoms with E-state index in [1.54, 1.807) is 0 Å². The lowest BCUT2D eigenvalue weighted by Crippen LogP contribution is -2.06. The molecule has 1 saturated heterocycles. The Hall–Kier alpha value is -0.420. The molecular weight excluding hydrogens is 236 g/mol. The quantitative estimate of drug-likeness (QED) is 0.818. The molecule has 2 rings (SSSR count). The molecule has 1 unspecified atom stereocenters. The average molecular weight is 247 g/mol. The number of halogens is 1. The number of hydrogen-bond acceptors (Lipinski definition) is 4. The third kappa shape index (κ3) is 2.51. The maximum absolute atomic E-state index is 5.48. The minimum Gasteiger partial charge on any atom is -0.416 e. The Morgan fingerprint density at radius 1 is 1.46 bits per heavy atom. The van der Waals surface area contributed by atoms with Crippen LogP contribution in [0.2, 0.25) is 0 Å². The van der Waals surface area contributed by atoms with Crippen molar-refractivity contribution in [1.29, 1.82) is 0 Å². The number of aromatic nitrogens is 2. The third-order valence-corrected chi connectivity index (χ3v) is 2.47.